The van der Waals surface area contributed by atoms with Crippen LogP contribution in [-0.4, -0.2) is 92.3 Å². The Morgan fingerprint density at radius 3 is 2.94 bits per heavy atom. The van der Waals surface area contributed by atoms with Crippen molar-refractivity contribution >= 4 is 59.1 Å². The van der Waals surface area contributed by atoms with Gasteiger partial charge in [0.25, 0.3) is 0 Å². The van der Waals surface area contributed by atoms with Crippen LogP contribution in [0.5, 0.6) is 6.01 Å². The SMILES string of the molecule is CCc1c(F)ccc2cc3[nH]ncc3c(-c3nccc4c3sc3nc(OC[C@@]56CCCN5C/C(=C\F)C6)nc(N5CCOC[C@@](C)(O)C5)c34)c12. The molecule has 13 heteroatoms. The predicted octanol–water partition coefficient (Wildman–Crippen LogP) is 6.70. The fraction of sp³-hybridized carbons (Fsp3) is 0.405. The van der Waals surface area contributed by atoms with Crippen LogP contribution < -0.4 is 9.64 Å². The van der Waals surface area contributed by atoms with Crippen LogP contribution in [-0.2, 0) is 11.2 Å². The van der Waals surface area contributed by atoms with Crippen LogP contribution in [0.25, 0.3) is 53.2 Å². The van der Waals surface area contributed by atoms with E-state index < -0.39 is 5.60 Å². The number of anilines is 1. The number of nitrogens with one attached hydrogen (secondary N) is 1. The van der Waals surface area contributed by atoms with Crippen LogP contribution >= 0.6 is 11.3 Å². The monoisotopic (exact) mass is 697 g/mol. The molecule has 3 fully saturated rings. The molecule has 0 saturated carbocycles. The van der Waals surface area contributed by atoms with E-state index in [1.807, 2.05) is 24.0 Å². The Morgan fingerprint density at radius 1 is 1.18 bits per heavy atom. The van der Waals surface area contributed by atoms with Crippen molar-refractivity contribution in [2.45, 2.75) is 50.7 Å². The molecule has 0 aliphatic carbocycles. The molecule has 10 nitrogen and oxygen atoms in total. The normalized spacial score (nSPS) is 23.9. The second-order valence-electron chi connectivity index (χ2n) is 14.2. The van der Waals surface area contributed by atoms with Crippen LogP contribution in [0, 0.1) is 5.82 Å². The molecule has 6 aromatic rings. The molecule has 0 unspecified atom stereocenters. The maximum atomic E-state index is 15.4. The van der Waals surface area contributed by atoms with Crippen molar-refractivity contribution in [1.82, 2.24) is 30.0 Å². The smallest absolute Gasteiger partial charge is 0.319 e. The fourth-order valence-electron chi connectivity index (χ4n) is 8.41. The van der Waals surface area contributed by atoms with E-state index >= 15 is 4.39 Å². The van der Waals surface area contributed by atoms with Gasteiger partial charge in [-0.05, 0) is 79.3 Å². The first kappa shape index (κ1) is 31.7. The predicted molar refractivity (Wildman–Crippen MR) is 191 cm³/mol. The number of pyridine rings is 1. The van der Waals surface area contributed by atoms with Gasteiger partial charge in [-0.25, -0.2) is 8.78 Å². The van der Waals surface area contributed by atoms with Gasteiger partial charge in [-0.15, -0.1) is 11.3 Å². The number of ether oxygens (including phenoxy) is 2. The van der Waals surface area contributed by atoms with Gasteiger partial charge in [0.1, 0.15) is 28.7 Å². The largest absolute Gasteiger partial charge is 0.461 e. The average molecular weight is 698 g/mol. The van der Waals surface area contributed by atoms with Gasteiger partial charge in [0, 0.05) is 35.6 Å². The molecule has 50 heavy (non-hydrogen) atoms. The fourth-order valence-corrected chi connectivity index (χ4v) is 9.57. The lowest BCUT2D eigenvalue weighted by molar-refractivity contribution is -0.0123. The minimum absolute atomic E-state index is 0.209. The van der Waals surface area contributed by atoms with Crippen LogP contribution in [0.15, 0.2) is 48.6 Å². The average Bonchev–Trinajstić information content (AvgIpc) is 3.87. The van der Waals surface area contributed by atoms with Gasteiger partial charge in [0.2, 0.25) is 0 Å². The zero-order valence-corrected chi connectivity index (χ0v) is 28.7. The summed E-state index contributed by atoms with van der Waals surface area (Å²) in [5.74, 6) is 0.386. The van der Waals surface area contributed by atoms with Crippen LogP contribution in [0.3, 0.4) is 0 Å². The molecule has 2 aromatic carbocycles. The zero-order valence-electron chi connectivity index (χ0n) is 27.9. The van der Waals surface area contributed by atoms with Crippen LogP contribution in [0.2, 0.25) is 0 Å². The van der Waals surface area contributed by atoms with Crippen LogP contribution in [0.1, 0.15) is 38.7 Å². The summed E-state index contributed by atoms with van der Waals surface area (Å²) >= 11 is 1.49. The Hall–Kier alpha value is -4.30. The van der Waals surface area contributed by atoms with Gasteiger partial charge >= 0.3 is 6.01 Å². The first-order valence-electron chi connectivity index (χ1n) is 17.2. The number of fused-ring (bicyclic) bond motifs is 6. The lowest BCUT2D eigenvalue weighted by Crippen LogP contribution is -2.43. The van der Waals surface area contributed by atoms with Crippen molar-refractivity contribution in [1.29, 1.82) is 0 Å². The molecule has 0 radical (unpaired) electrons. The van der Waals surface area contributed by atoms with E-state index in [9.17, 15) is 9.50 Å². The third-order valence-corrected chi connectivity index (χ3v) is 11.7. The summed E-state index contributed by atoms with van der Waals surface area (Å²) < 4.78 is 42.2. The third kappa shape index (κ3) is 5.04. The second kappa shape index (κ2) is 11.9. The van der Waals surface area contributed by atoms with E-state index in [1.165, 1.54) is 17.4 Å². The lowest BCUT2D eigenvalue weighted by atomic mass is 9.92. The van der Waals surface area contributed by atoms with E-state index in [0.717, 1.165) is 74.0 Å². The number of rotatable bonds is 6. The first-order chi connectivity index (χ1) is 24.3. The number of hydrogen-bond acceptors (Lipinski definition) is 10. The summed E-state index contributed by atoms with van der Waals surface area (Å²) in [4.78, 5) is 20.0. The van der Waals surface area contributed by atoms with Gasteiger partial charge in [-0.2, -0.15) is 15.1 Å². The highest BCUT2D eigenvalue weighted by molar-refractivity contribution is 7.26. The first-order valence-corrected chi connectivity index (χ1v) is 18.0. The maximum Gasteiger partial charge on any atom is 0.319 e. The Kier molecular flexibility index (Phi) is 7.54. The van der Waals surface area contributed by atoms with Gasteiger partial charge < -0.3 is 19.5 Å². The van der Waals surface area contributed by atoms with Gasteiger partial charge in [0.15, 0.2) is 0 Å². The molecule has 4 aromatic heterocycles. The molecule has 0 amide bonds. The van der Waals surface area contributed by atoms with Gasteiger partial charge in [-0.3, -0.25) is 15.0 Å². The zero-order chi connectivity index (χ0) is 34.2. The Morgan fingerprint density at radius 2 is 2.08 bits per heavy atom. The standard InChI is InChI=1S/C37H37F2N7O3S/c1-3-23-26(39)6-5-22-13-27-25(16-41-44-27)29(28(22)23)31-32-24(7-9-40-31)30-33(45-11-12-48-19-36(2,47)18-45)42-35(43-34(30)50-32)49-20-37-8-4-10-46(37)17-21(14-37)15-38/h5-7,9,13,15-16,47H,3-4,8,10-12,14,17-20H2,1-2H3,(H,41,44)/b21-15-/t36-,37-/m0/s1. The van der Waals surface area contributed by atoms with Crippen LogP contribution in [0.4, 0.5) is 14.6 Å². The minimum atomic E-state index is -1.11. The maximum absolute atomic E-state index is 15.4. The van der Waals surface area contributed by atoms with E-state index in [0.29, 0.717) is 67.6 Å². The number of aliphatic hydroxyl groups is 1. The number of aryl methyl sites for hydroxylation is 1. The van der Waals surface area contributed by atoms with E-state index in [2.05, 4.69) is 15.1 Å². The Labute approximate surface area is 290 Å². The summed E-state index contributed by atoms with van der Waals surface area (Å²) in [6.45, 7) is 7.02. The van der Waals surface area contributed by atoms with Crippen molar-refractivity contribution in [3.8, 4) is 17.3 Å². The van der Waals surface area contributed by atoms with Crippen molar-refractivity contribution in [2.75, 3.05) is 50.9 Å². The number of halogens is 2. The molecule has 3 aliphatic rings. The summed E-state index contributed by atoms with van der Waals surface area (Å²) in [7, 11) is 0. The molecule has 9 rings (SSSR count). The Bertz CT molecular complexity index is 2340. The molecule has 3 aliphatic heterocycles. The minimum Gasteiger partial charge on any atom is -0.461 e. The topological polar surface area (TPSA) is 113 Å². The number of thiophene rings is 1. The van der Waals surface area contributed by atoms with Crippen molar-refractivity contribution < 1.29 is 23.4 Å². The molecule has 2 atom stereocenters. The Balaban J connectivity index is 1.25. The van der Waals surface area contributed by atoms with Crippen molar-refractivity contribution in [3.05, 3.63) is 59.9 Å². The van der Waals surface area contributed by atoms with Crippen molar-refractivity contribution in [2.24, 2.45) is 0 Å². The van der Waals surface area contributed by atoms with E-state index in [1.54, 1.807) is 25.4 Å². The molecule has 3 saturated heterocycles. The number of benzene rings is 2. The number of aromatic amines is 1. The molecular formula is C37H37F2N7O3S. The van der Waals surface area contributed by atoms with Crippen molar-refractivity contribution in [3.63, 3.8) is 0 Å². The number of hydrogen-bond donors (Lipinski definition) is 2. The summed E-state index contributed by atoms with van der Waals surface area (Å²) in [5, 5.41) is 23.0. The van der Waals surface area contributed by atoms with Gasteiger partial charge in [-0.1, -0.05) is 13.0 Å². The summed E-state index contributed by atoms with van der Waals surface area (Å²) in [5.41, 5.74) is 2.38. The highest BCUT2D eigenvalue weighted by Gasteiger charge is 2.47. The summed E-state index contributed by atoms with van der Waals surface area (Å²) in [6.07, 6.45) is 7.37. The highest BCUT2D eigenvalue weighted by atomic mass is 32.1. The second-order valence-corrected chi connectivity index (χ2v) is 15.2. The molecule has 0 spiro atoms. The van der Waals surface area contributed by atoms with E-state index in [4.69, 9.17) is 24.4 Å². The van der Waals surface area contributed by atoms with E-state index in [-0.39, 0.29) is 24.0 Å². The molecular weight excluding hydrogens is 661 g/mol. The molecule has 2 N–H and O–H groups in total. The molecule has 7 heterocycles. The summed E-state index contributed by atoms with van der Waals surface area (Å²) in [6, 6.07) is 7.53. The van der Waals surface area contributed by atoms with Gasteiger partial charge in [0.05, 0.1) is 59.1 Å². The highest BCUT2D eigenvalue weighted by Crippen LogP contribution is 2.47. The third-order valence-electron chi connectivity index (χ3n) is 10.6. The number of β-amino-alcohol motifs (C(OH)–C–C–N with tert-alkyl or cyclic N) is 1. The molecule has 0 bridgehead atoms. The lowest BCUT2D eigenvalue weighted by Gasteiger charge is -2.31. The number of aromatic nitrogens is 5. The molecule has 258 valence electrons. The number of nitrogens with zero attached hydrogens (tertiary/aromatic N) is 6. The quantitative estimate of drug-likeness (QED) is 0.197. The number of H-pyrrole nitrogens is 1.